The Hall–Kier alpha value is -3.72. The van der Waals surface area contributed by atoms with E-state index in [1.807, 2.05) is 41.2 Å². The number of aromatic nitrogens is 2. The number of nitrogens with one attached hydrogen (secondary N) is 2. The number of carbonyl (C=O) groups is 3. The second kappa shape index (κ2) is 10.9. The highest BCUT2D eigenvalue weighted by Crippen LogP contribution is 2.30. The summed E-state index contributed by atoms with van der Waals surface area (Å²) < 4.78 is 7.95. The molecule has 0 radical (unpaired) electrons. The smallest absolute Gasteiger partial charge is 0.255 e. The van der Waals surface area contributed by atoms with Crippen LogP contribution >= 0.6 is 0 Å². The maximum atomic E-state index is 12.8. The first kappa shape index (κ1) is 24.0. The van der Waals surface area contributed by atoms with Crippen LogP contribution in [0.4, 0.5) is 0 Å². The summed E-state index contributed by atoms with van der Waals surface area (Å²) in [5, 5.41) is 5.83. The number of amides is 3. The molecule has 2 aliphatic rings. The molecule has 0 spiro atoms. The molecule has 1 aromatic carbocycles. The van der Waals surface area contributed by atoms with Crippen LogP contribution in [0.25, 0.3) is 5.65 Å². The Bertz CT molecular complexity index is 1270. The van der Waals surface area contributed by atoms with E-state index in [-0.39, 0.29) is 18.2 Å². The second-order valence-corrected chi connectivity index (χ2v) is 9.35. The molecule has 0 aliphatic carbocycles. The van der Waals surface area contributed by atoms with Crippen molar-refractivity contribution in [2.24, 2.45) is 0 Å². The van der Waals surface area contributed by atoms with E-state index < -0.39 is 11.9 Å². The molecule has 4 heterocycles. The largest absolute Gasteiger partial charge is 0.494 e. The van der Waals surface area contributed by atoms with Gasteiger partial charge < -0.3 is 19.4 Å². The number of fused-ring (bicyclic) bond motifs is 2. The van der Waals surface area contributed by atoms with Crippen LogP contribution in [0.5, 0.6) is 5.75 Å². The van der Waals surface area contributed by atoms with Crippen molar-refractivity contribution in [2.45, 2.75) is 57.7 Å². The third-order valence-corrected chi connectivity index (χ3v) is 6.83. The van der Waals surface area contributed by atoms with E-state index >= 15 is 0 Å². The van der Waals surface area contributed by atoms with E-state index in [0.29, 0.717) is 25.1 Å². The molecule has 1 fully saturated rings. The van der Waals surface area contributed by atoms with Crippen molar-refractivity contribution in [1.29, 1.82) is 0 Å². The predicted octanol–water partition coefficient (Wildman–Crippen LogP) is 2.82. The summed E-state index contributed by atoms with van der Waals surface area (Å²) in [6.07, 6.45) is 10.7. The summed E-state index contributed by atoms with van der Waals surface area (Å²) >= 11 is 0. The maximum Gasteiger partial charge on any atom is 0.255 e. The zero-order valence-corrected chi connectivity index (χ0v) is 20.2. The van der Waals surface area contributed by atoms with Gasteiger partial charge in [-0.05, 0) is 55.6 Å². The zero-order valence-electron chi connectivity index (χ0n) is 20.2. The fourth-order valence-electron chi connectivity index (χ4n) is 4.91. The summed E-state index contributed by atoms with van der Waals surface area (Å²) in [4.78, 5) is 42.3. The monoisotopic (exact) mass is 489 g/mol. The first-order chi connectivity index (χ1) is 17.6. The molecular weight excluding hydrogens is 458 g/mol. The summed E-state index contributed by atoms with van der Waals surface area (Å²) in [5.74, 6) is -0.104. The van der Waals surface area contributed by atoms with Gasteiger partial charge in [0.05, 0.1) is 6.61 Å². The molecule has 0 bridgehead atoms. The van der Waals surface area contributed by atoms with E-state index in [1.165, 1.54) is 5.56 Å². The lowest BCUT2D eigenvalue weighted by atomic mass is 10.0. The van der Waals surface area contributed by atoms with Gasteiger partial charge in [-0.3, -0.25) is 19.7 Å². The highest BCUT2D eigenvalue weighted by molar-refractivity contribution is 6.05. The summed E-state index contributed by atoms with van der Waals surface area (Å²) in [6.45, 7) is 2.76. The molecule has 36 heavy (non-hydrogen) atoms. The standard InChI is InChI=1S/C27H31N5O4/c33-24-10-9-23(26(34)30-24)32-18-20-16-21(7-8-22(20)27(32)35)36-15-4-2-1-3-11-28-17-19-6-5-13-31-14-12-29-25(19)31/h5-8,12-14,16,23,28H,1-4,9-11,15,17-18H2,(H,30,33,34). The van der Waals surface area contributed by atoms with Gasteiger partial charge in [-0.2, -0.15) is 0 Å². The molecule has 9 heteroatoms. The maximum absolute atomic E-state index is 12.8. The van der Waals surface area contributed by atoms with Gasteiger partial charge in [-0.25, -0.2) is 4.98 Å². The molecule has 3 amide bonds. The molecule has 2 aromatic heterocycles. The molecule has 1 unspecified atom stereocenters. The minimum absolute atomic E-state index is 0.166. The lowest BCUT2D eigenvalue weighted by molar-refractivity contribution is -0.136. The van der Waals surface area contributed by atoms with Crippen molar-refractivity contribution in [3.63, 3.8) is 0 Å². The van der Waals surface area contributed by atoms with Crippen LogP contribution in [0.15, 0.2) is 48.9 Å². The number of hydrogen-bond acceptors (Lipinski definition) is 6. The Balaban J connectivity index is 0.992. The van der Waals surface area contributed by atoms with Crippen molar-refractivity contribution in [3.05, 3.63) is 65.6 Å². The van der Waals surface area contributed by atoms with Gasteiger partial charge >= 0.3 is 0 Å². The number of imide groups is 1. The van der Waals surface area contributed by atoms with Crippen molar-refractivity contribution in [2.75, 3.05) is 13.2 Å². The third kappa shape index (κ3) is 5.26. The van der Waals surface area contributed by atoms with Crippen LogP contribution in [-0.2, 0) is 22.7 Å². The molecule has 1 atom stereocenters. The molecule has 2 N–H and O–H groups in total. The van der Waals surface area contributed by atoms with Gasteiger partial charge in [0.25, 0.3) is 5.91 Å². The van der Waals surface area contributed by atoms with E-state index in [9.17, 15) is 14.4 Å². The number of nitrogens with zero attached hydrogens (tertiary/aromatic N) is 3. The molecule has 5 rings (SSSR count). The number of pyridine rings is 1. The van der Waals surface area contributed by atoms with Crippen LogP contribution in [0.1, 0.15) is 60.0 Å². The fourth-order valence-corrected chi connectivity index (χ4v) is 4.91. The van der Waals surface area contributed by atoms with Gasteiger partial charge in [0.2, 0.25) is 11.8 Å². The van der Waals surface area contributed by atoms with Gasteiger partial charge in [0.15, 0.2) is 0 Å². The lowest BCUT2D eigenvalue weighted by Gasteiger charge is -2.29. The first-order valence-electron chi connectivity index (χ1n) is 12.6. The molecule has 188 valence electrons. The van der Waals surface area contributed by atoms with E-state index in [1.54, 1.807) is 11.0 Å². The highest BCUT2D eigenvalue weighted by atomic mass is 16.5. The molecule has 1 saturated heterocycles. The van der Waals surface area contributed by atoms with E-state index in [2.05, 4.69) is 21.7 Å². The number of imidazole rings is 1. The van der Waals surface area contributed by atoms with Gasteiger partial charge in [-0.15, -0.1) is 0 Å². The third-order valence-electron chi connectivity index (χ3n) is 6.83. The van der Waals surface area contributed by atoms with Crippen LogP contribution < -0.4 is 15.4 Å². The Labute approximate surface area is 209 Å². The van der Waals surface area contributed by atoms with Crippen LogP contribution in [0.3, 0.4) is 0 Å². The lowest BCUT2D eigenvalue weighted by Crippen LogP contribution is -2.52. The highest BCUT2D eigenvalue weighted by Gasteiger charge is 2.39. The number of benzene rings is 1. The summed E-state index contributed by atoms with van der Waals surface area (Å²) in [6, 6.07) is 9.03. The van der Waals surface area contributed by atoms with Gasteiger partial charge in [-0.1, -0.05) is 18.9 Å². The summed E-state index contributed by atoms with van der Waals surface area (Å²) in [5.41, 5.74) is 3.66. The quantitative estimate of drug-likeness (QED) is 0.317. The van der Waals surface area contributed by atoms with Gasteiger partial charge in [0, 0.05) is 49.2 Å². The van der Waals surface area contributed by atoms with Crippen LogP contribution in [-0.4, -0.2) is 51.2 Å². The van der Waals surface area contributed by atoms with Crippen LogP contribution in [0.2, 0.25) is 0 Å². The average Bonchev–Trinajstić information content (AvgIpc) is 3.48. The van der Waals surface area contributed by atoms with Gasteiger partial charge in [0.1, 0.15) is 17.4 Å². The first-order valence-corrected chi connectivity index (χ1v) is 12.6. The Morgan fingerprint density at radius 3 is 2.86 bits per heavy atom. The minimum Gasteiger partial charge on any atom is -0.494 e. The Kier molecular flexibility index (Phi) is 7.27. The van der Waals surface area contributed by atoms with Crippen molar-refractivity contribution >= 4 is 23.4 Å². The number of carbonyl (C=O) groups excluding carboxylic acids is 3. The van der Waals surface area contributed by atoms with E-state index in [0.717, 1.165) is 55.7 Å². The number of hydrogen-bond donors (Lipinski definition) is 2. The Morgan fingerprint density at radius 2 is 1.97 bits per heavy atom. The SMILES string of the molecule is O=C1CCC(N2Cc3cc(OCCCCCCNCc4cccn5ccnc45)ccc3C2=O)C(=O)N1. The van der Waals surface area contributed by atoms with Crippen LogP contribution in [0, 0.1) is 0 Å². The number of rotatable bonds is 11. The van der Waals surface area contributed by atoms with E-state index in [4.69, 9.17) is 4.74 Å². The second-order valence-electron chi connectivity index (χ2n) is 9.35. The molecule has 9 nitrogen and oxygen atoms in total. The number of unbranched alkanes of at least 4 members (excludes halogenated alkanes) is 3. The molecule has 2 aliphatic heterocycles. The minimum atomic E-state index is -0.596. The number of ether oxygens (including phenoxy) is 1. The molecule has 3 aromatic rings. The van der Waals surface area contributed by atoms with Crippen molar-refractivity contribution in [1.82, 2.24) is 24.9 Å². The predicted molar refractivity (Wildman–Crippen MR) is 133 cm³/mol. The fraction of sp³-hybridized carbons (Fsp3) is 0.407. The molecule has 0 saturated carbocycles. The topological polar surface area (TPSA) is 105 Å². The normalized spacial score (nSPS) is 17.5. The Morgan fingerprint density at radius 1 is 1.08 bits per heavy atom. The van der Waals surface area contributed by atoms with Crippen molar-refractivity contribution in [3.8, 4) is 5.75 Å². The van der Waals surface area contributed by atoms with Crippen molar-refractivity contribution < 1.29 is 19.1 Å². The zero-order chi connectivity index (χ0) is 24.9. The molecular formula is C27H31N5O4. The summed E-state index contributed by atoms with van der Waals surface area (Å²) in [7, 11) is 0. The average molecular weight is 490 g/mol. The number of piperidine rings is 1.